The maximum Gasteiger partial charge on any atom is 0.225 e. The third kappa shape index (κ3) is 4.07. The maximum atomic E-state index is 13.3. The van der Waals surface area contributed by atoms with Gasteiger partial charge in [-0.2, -0.15) is 0 Å². The average Bonchev–Trinajstić information content (AvgIpc) is 2.61. The molecule has 0 heterocycles. The number of benzene rings is 3. The van der Waals surface area contributed by atoms with Gasteiger partial charge >= 0.3 is 0 Å². The minimum absolute atomic E-state index is 0.140. The van der Waals surface area contributed by atoms with Crippen molar-refractivity contribution in [1.29, 1.82) is 0 Å². The van der Waals surface area contributed by atoms with Crippen LogP contribution in [0.1, 0.15) is 22.7 Å². The van der Waals surface area contributed by atoms with Gasteiger partial charge in [0.1, 0.15) is 5.82 Å². The van der Waals surface area contributed by atoms with Crippen molar-refractivity contribution in [3.63, 3.8) is 0 Å². The molecule has 0 aromatic heterocycles. The molecule has 0 unspecified atom stereocenters. The number of nitrogens with one attached hydrogen (secondary N) is 1. The van der Waals surface area contributed by atoms with E-state index in [9.17, 15) is 9.18 Å². The summed E-state index contributed by atoms with van der Waals surface area (Å²) in [6.07, 6.45) is 0.147. The van der Waals surface area contributed by atoms with Crippen LogP contribution in [0.2, 0.25) is 0 Å². The summed E-state index contributed by atoms with van der Waals surface area (Å²) in [5, 5.41) is 3.06. The van der Waals surface area contributed by atoms with E-state index in [2.05, 4.69) is 5.32 Å². The van der Waals surface area contributed by atoms with Gasteiger partial charge in [-0.15, -0.1) is 0 Å². The van der Waals surface area contributed by atoms with E-state index in [1.807, 2.05) is 60.7 Å². The Morgan fingerprint density at radius 3 is 1.96 bits per heavy atom. The third-order valence-corrected chi connectivity index (χ3v) is 3.82. The van der Waals surface area contributed by atoms with Crippen LogP contribution in [0.25, 0.3) is 0 Å². The first-order valence-corrected chi connectivity index (χ1v) is 7.86. The summed E-state index contributed by atoms with van der Waals surface area (Å²) in [6, 6.07) is 25.5. The summed E-state index contributed by atoms with van der Waals surface area (Å²) >= 11 is 0. The van der Waals surface area contributed by atoms with Crippen molar-refractivity contribution in [1.82, 2.24) is 5.32 Å². The lowest BCUT2D eigenvalue weighted by atomic mass is 9.98. The van der Waals surface area contributed by atoms with Crippen molar-refractivity contribution in [3.8, 4) is 0 Å². The Bertz CT molecular complexity index is 763. The van der Waals surface area contributed by atoms with E-state index in [0.717, 1.165) is 11.1 Å². The second kappa shape index (κ2) is 7.55. The summed E-state index contributed by atoms with van der Waals surface area (Å²) in [5.41, 5.74) is 2.68. The van der Waals surface area contributed by atoms with Gasteiger partial charge in [0.25, 0.3) is 0 Å². The van der Waals surface area contributed by atoms with Crippen LogP contribution < -0.4 is 5.32 Å². The highest BCUT2D eigenvalue weighted by Gasteiger charge is 2.16. The van der Waals surface area contributed by atoms with Crippen LogP contribution in [-0.2, 0) is 11.2 Å². The zero-order valence-corrected chi connectivity index (χ0v) is 13.2. The van der Waals surface area contributed by atoms with Crippen molar-refractivity contribution in [2.45, 2.75) is 12.5 Å². The number of carbonyl (C=O) groups is 1. The van der Waals surface area contributed by atoms with Crippen molar-refractivity contribution < 1.29 is 9.18 Å². The summed E-state index contributed by atoms with van der Waals surface area (Å²) in [6.45, 7) is 0. The first-order valence-electron chi connectivity index (χ1n) is 7.86. The molecule has 1 N–H and O–H groups in total. The first kappa shape index (κ1) is 15.9. The minimum Gasteiger partial charge on any atom is -0.345 e. The molecule has 0 aliphatic rings. The lowest BCUT2D eigenvalue weighted by molar-refractivity contribution is -0.120. The molecule has 0 atom stereocenters. The van der Waals surface area contributed by atoms with E-state index >= 15 is 0 Å². The molecule has 0 aliphatic heterocycles. The van der Waals surface area contributed by atoms with Crippen molar-refractivity contribution in [3.05, 3.63) is 107 Å². The maximum absolute atomic E-state index is 13.3. The molecule has 0 saturated heterocycles. The van der Waals surface area contributed by atoms with Gasteiger partial charge in [0, 0.05) is 0 Å². The molecular weight excluding hydrogens is 301 g/mol. The van der Waals surface area contributed by atoms with Crippen LogP contribution >= 0.6 is 0 Å². The van der Waals surface area contributed by atoms with E-state index in [4.69, 9.17) is 0 Å². The average molecular weight is 319 g/mol. The molecular formula is C21H18FNO. The van der Waals surface area contributed by atoms with Crippen LogP contribution in [0.4, 0.5) is 4.39 Å². The van der Waals surface area contributed by atoms with Crippen LogP contribution in [0.3, 0.4) is 0 Å². The highest BCUT2D eigenvalue weighted by atomic mass is 19.1. The fourth-order valence-corrected chi connectivity index (χ4v) is 2.69. The molecule has 2 nitrogen and oxygen atoms in total. The van der Waals surface area contributed by atoms with Crippen LogP contribution in [0.15, 0.2) is 84.9 Å². The zero-order chi connectivity index (χ0) is 16.8. The van der Waals surface area contributed by atoms with E-state index in [1.54, 1.807) is 12.1 Å². The summed E-state index contributed by atoms with van der Waals surface area (Å²) in [7, 11) is 0. The largest absolute Gasteiger partial charge is 0.345 e. The van der Waals surface area contributed by atoms with Crippen LogP contribution in [0.5, 0.6) is 0 Å². The van der Waals surface area contributed by atoms with Gasteiger partial charge in [-0.1, -0.05) is 72.8 Å². The van der Waals surface area contributed by atoms with E-state index < -0.39 is 0 Å². The first-order chi connectivity index (χ1) is 11.7. The molecule has 24 heavy (non-hydrogen) atoms. The molecule has 0 bridgehead atoms. The number of halogens is 1. The second-order valence-electron chi connectivity index (χ2n) is 5.63. The smallest absolute Gasteiger partial charge is 0.225 e. The van der Waals surface area contributed by atoms with Gasteiger partial charge in [0.15, 0.2) is 0 Å². The molecule has 3 aromatic rings. The Labute approximate surface area is 141 Å². The Morgan fingerprint density at radius 1 is 0.833 bits per heavy atom. The highest BCUT2D eigenvalue weighted by molar-refractivity contribution is 5.79. The molecule has 0 radical (unpaired) electrons. The van der Waals surface area contributed by atoms with Gasteiger partial charge in [-0.3, -0.25) is 4.79 Å². The van der Waals surface area contributed by atoms with Gasteiger partial charge in [-0.25, -0.2) is 4.39 Å². The predicted molar refractivity (Wildman–Crippen MR) is 93.0 cm³/mol. The lowest BCUT2D eigenvalue weighted by Gasteiger charge is -2.20. The molecule has 0 aliphatic carbocycles. The standard InChI is InChI=1S/C21H18FNO/c22-19-13-7-8-16(14-19)15-20(24)23-21(17-9-3-1-4-10-17)18-11-5-2-6-12-18/h1-14,21H,15H2,(H,23,24). The molecule has 3 rings (SSSR count). The fraction of sp³-hybridized carbons (Fsp3) is 0.0952. The minimum atomic E-state index is -0.331. The summed E-state index contributed by atoms with van der Waals surface area (Å²) in [4.78, 5) is 12.4. The van der Waals surface area contributed by atoms with E-state index in [1.165, 1.54) is 12.1 Å². The molecule has 0 saturated carbocycles. The van der Waals surface area contributed by atoms with Gasteiger partial charge < -0.3 is 5.32 Å². The van der Waals surface area contributed by atoms with Crippen LogP contribution in [0, 0.1) is 5.82 Å². The number of hydrogen-bond acceptors (Lipinski definition) is 1. The number of hydrogen-bond donors (Lipinski definition) is 1. The lowest BCUT2D eigenvalue weighted by Crippen LogP contribution is -2.30. The normalized spacial score (nSPS) is 10.6. The van der Waals surface area contributed by atoms with Gasteiger partial charge in [-0.05, 0) is 28.8 Å². The van der Waals surface area contributed by atoms with Crippen LogP contribution in [-0.4, -0.2) is 5.91 Å². The predicted octanol–water partition coefficient (Wildman–Crippen LogP) is 4.27. The Balaban J connectivity index is 1.80. The highest BCUT2D eigenvalue weighted by Crippen LogP contribution is 2.22. The topological polar surface area (TPSA) is 29.1 Å². The Kier molecular flexibility index (Phi) is 5.02. The van der Waals surface area contributed by atoms with Crippen molar-refractivity contribution in [2.75, 3.05) is 0 Å². The second-order valence-corrected chi connectivity index (χ2v) is 5.63. The monoisotopic (exact) mass is 319 g/mol. The molecule has 0 spiro atoms. The third-order valence-electron chi connectivity index (χ3n) is 3.82. The fourth-order valence-electron chi connectivity index (χ4n) is 2.69. The molecule has 3 heteroatoms. The van der Waals surface area contributed by atoms with Gasteiger partial charge in [0.05, 0.1) is 12.5 Å². The molecule has 120 valence electrons. The summed E-state index contributed by atoms with van der Waals surface area (Å²) < 4.78 is 13.3. The molecule has 0 fully saturated rings. The zero-order valence-electron chi connectivity index (χ0n) is 13.2. The number of amides is 1. The Morgan fingerprint density at radius 2 is 1.42 bits per heavy atom. The van der Waals surface area contributed by atoms with E-state index in [-0.39, 0.29) is 24.2 Å². The van der Waals surface area contributed by atoms with Gasteiger partial charge in [0.2, 0.25) is 5.91 Å². The van der Waals surface area contributed by atoms with E-state index in [0.29, 0.717) is 5.56 Å². The van der Waals surface area contributed by atoms with Crippen molar-refractivity contribution >= 4 is 5.91 Å². The quantitative estimate of drug-likeness (QED) is 0.747. The SMILES string of the molecule is O=C(Cc1cccc(F)c1)NC(c1ccccc1)c1ccccc1. The molecule has 3 aromatic carbocycles. The summed E-state index contributed by atoms with van der Waals surface area (Å²) in [5.74, 6) is -0.471. The number of rotatable bonds is 5. The Hall–Kier alpha value is -2.94. The molecule has 1 amide bonds. The number of carbonyl (C=O) groups excluding carboxylic acids is 1. The van der Waals surface area contributed by atoms with Crippen molar-refractivity contribution in [2.24, 2.45) is 0 Å².